The molecule has 1 aromatic rings. The van der Waals surface area contributed by atoms with Crippen LogP contribution in [0.5, 0.6) is 0 Å². The molecule has 0 amide bonds. The lowest BCUT2D eigenvalue weighted by atomic mass is 9.99. The van der Waals surface area contributed by atoms with Crippen LogP contribution in [0, 0.1) is 5.92 Å². The highest BCUT2D eigenvalue weighted by atomic mass is 79.9. The average Bonchev–Trinajstić information content (AvgIpc) is 2.45. The zero-order valence-electron chi connectivity index (χ0n) is 12.2. The van der Waals surface area contributed by atoms with E-state index in [1.807, 2.05) is 0 Å². The largest absolute Gasteiger partial charge is 0.241 e. The summed E-state index contributed by atoms with van der Waals surface area (Å²) >= 11 is 3.24. The molecule has 124 valence electrons. The summed E-state index contributed by atoms with van der Waals surface area (Å²) in [5.74, 6) is 0.148. The number of piperidine rings is 1. The lowest BCUT2D eigenvalue weighted by Crippen LogP contribution is -2.41. The van der Waals surface area contributed by atoms with Gasteiger partial charge in [0.25, 0.3) is 0 Å². The quantitative estimate of drug-likeness (QED) is 0.794. The van der Waals surface area contributed by atoms with Crippen LogP contribution in [0.1, 0.15) is 12.8 Å². The minimum absolute atomic E-state index is 0.148. The third-order valence-corrected chi connectivity index (χ3v) is 7.47. The molecule has 1 aromatic carbocycles. The fourth-order valence-electron chi connectivity index (χ4n) is 2.41. The Kier molecular flexibility index (Phi) is 5.65. The van der Waals surface area contributed by atoms with Crippen molar-refractivity contribution >= 4 is 36.0 Å². The van der Waals surface area contributed by atoms with Gasteiger partial charge in [0.2, 0.25) is 20.0 Å². The van der Waals surface area contributed by atoms with Gasteiger partial charge in [0.15, 0.2) is 0 Å². The van der Waals surface area contributed by atoms with E-state index in [4.69, 9.17) is 0 Å². The Morgan fingerprint density at radius 3 is 2.32 bits per heavy atom. The first kappa shape index (κ1) is 17.9. The molecule has 0 unspecified atom stereocenters. The monoisotopic (exact) mass is 410 g/mol. The van der Waals surface area contributed by atoms with Crippen LogP contribution in [-0.4, -0.2) is 47.0 Å². The Balaban J connectivity index is 1.93. The van der Waals surface area contributed by atoms with Gasteiger partial charge in [-0.1, -0.05) is 12.1 Å². The first-order valence-electron chi connectivity index (χ1n) is 6.89. The zero-order valence-corrected chi connectivity index (χ0v) is 15.4. The van der Waals surface area contributed by atoms with Gasteiger partial charge in [-0.3, -0.25) is 0 Å². The number of hydrogen-bond acceptors (Lipinski definition) is 4. The molecule has 1 aliphatic heterocycles. The maximum absolute atomic E-state index is 12.3. The smallest absolute Gasteiger partial charge is 0.213 e. The van der Waals surface area contributed by atoms with Gasteiger partial charge >= 0.3 is 0 Å². The van der Waals surface area contributed by atoms with E-state index in [9.17, 15) is 16.8 Å². The van der Waals surface area contributed by atoms with Crippen molar-refractivity contribution in [3.8, 4) is 0 Å². The first-order chi connectivity index (χ1) is 10.2. The van der Waals surface area contributed by atoms with Gasteiger partial charge in [0, 0.05) is 24.1 Å². The topological polar surface area (TPSA) is 83.6 Å². The van der Waals surface area contributed by atoms with E-state index in [1.54, 1.807) is 24.3 Å². The van der Waals surface area contributed by atoms with Crippen molar-refractivity contribution in [1.29, 1.82) is 0 Å². The Labute approximate surface area is 140 Å². The number of nitrogens with one attached hydrogen (secondary N) is 1. The maximum Gasteiger partial charge on any atom is 0.241 e. The van der Waals surface area contributed by atoms with Crippen molar-refractivity contribution in [2.75, 3.05) is 25.9 Å². The van der Waals surface area contributed by atoms with Crippen LogP contribution >= 0.6 is 15.9 Å². The molecule has 0 aromatic heterocycles. The molecule has 0 radical (unpaired) electrons. The molecule has 9 heteroatoms. The van der Waals surface area contributed by atoms with Gasteiger partial charge in [-0.05, 0) is 46.8 Å². The maximum atomic E-state index is 12.3. The van der Waals surface area contributed by atoms with E-state index in [0.29, 0.717) is 36.9 Å². The van der Waals surface area contributed by atoms with E-state index in [2.05, 4.69) is 20.7 Å². The normalized spacial score (nSPS) is 18.5. The molecule has 1 saturated heterocycles. The summed E-state index contributed by atoms with van der Waals surface area (Å²) in [5.41, 5.74) is 0. The van der Waals surface area contributed by atoms with Gasteiger partial charge in [-0.15, -0.1) is 0 Å². The Morgan fingerprint density at radius 1 is 1.18 bits per heavy atom. The second kappa shape index (κ2) is 6.96. The summed E-state index contributed by atoms with van der Waals surface area (Å²) in [6.07, 6.45) is 2.51. The minimum Gasteiger partial charge on any atom is -0.213 e. The van der Waals surface area contributed by atoms with Crippen LogP contribution in [0.4, 0.5) is 0 Å². The minimum atomic E-state index is -3.56. The number of rotatable bonds is 5. The van der Waals surface area contributed by atoms with Crippen LogP contribution in [-0.2, 0) is 20.0 Å². The molecule has 2 rings (SSSR count). The van der Waals surface area contributed by atoms with Gasteiger partial charge < -0.3 is 0 Å². The van der Waals surface area contributed by atoms with E-state index in [1.165, 1.54) is 10.6 Å². The van der Waals surface area contributed by atoms with Crippen LogP contribution < -0.4 is 4.72 Å². The van der Waals surface area contributed by atoms with E-state index in [0.717, 1.165) is 0 Å². The molecule has 0 aliphatic carbocycles. The zero-order chi connectivity index (χ0) is 16.4. The van der Waals surface area contributed by atoms with Crippen molar-refractivity contribution in [1.82, 2.24) is 9.03 Å². The SMILES string of the molecule is CS(=O)(=O)N1CCC(CNS(=O)(=O)c2ccccc2Br)CC1. The van der Waals surface area contributed by atoms with Gasteiger partial charge in [0.05, 0.1) is 11.2 Å². The predicted molar refractivity (Wildman–Crippen MR) is 88.5 cm³/mol. The van der Waals surface area contributed by atoms with Gasteiger partial charge in [-0.2, -0.15) is 0 Å². The van der Waals surface area contributed by atoms with E-state index in [-0.39, 0.29) is 10.8 Å². The average molecular weight is 411 g/mol. The third-order valence-electron chi connectivity index (χ3n) is 3.73. The van der Waals surface area contributed by atoms with Gasteiger partial charge in [-0.25, -0.2) is 25.9 Å². The number of benzene rings is 1. The molecule has 0 spiro atoms. The molecular weight excluding hydrogens is 392 g/mol. The lowest BCUT2D eigenvalue weighted by Gasteiger charge is -2.30. The molecule has 0 saturated carbocycles. The van der Waals surface area contributed by atoms with Crippen LogP contribution in [0.25, 0.3) is 0 Å². The van der Waals surface area contributed by atoms with Crippen LogP contribution in [0.2, 0.25) is 0 Å². The number of hydrogen-bond donors (Lipinski definition) is 1. The summed E-state index contributed by atoms with van der Waals surface area (Å²) in [5, 5.41) is 0. The first-order valence-corrected chi connectivity index (χ1v) is 11.0. The highest BCUT2D eigenvalue weighted by Gasteiger charge is 2.26. The van der Waals surface area contributed by atoms with Crippen molar-refractivity contribution in [2.45, 2.75) is 17.7 Å². The number of sulfonamides is 2. The molecule has 1 fully saturated rings. The third kappa shape index (κ3) is 4.51. The molecule has 1 N–H and O–H groups in total. The molecule has 22 heavy (non-hydrogen) atoms. The number of nitrogens with zero attached hydrogens (tertiary/aromatic N) is 1. The summed E-state index contributed by atoms with van der Waals surface area (Å²) in [7, 11) is -6.71. The van der Waals surface area contributed by atoms with Crippen molar-refractivity contribution < 1.29 is 16.8 Å². The Morgan fingerprint density at radius 2 is 1.77 bits per heavy atom. The van der Waals surface area contributed by atoms with Crippen LogP contribution in [0.3, 0.4) is 0 Å². The van der Waals surface area contributed by atoms with Crippen LogP contribution in [0.15, 0.2) is 33.6 Å². The fraction of sp³-hybridized carbons (Fsp3) is 0.538. The van der Waals surface area contributed by atoms with E-state index < -0.39 is 20.0 Å². The fourth-order valence-corrected chi connectivity index (χ4v) is 5.40. The second-order valence-corrected chi connectivity index (χ2v) is 9.96. The Hall–Kier alpha value is -0.480. The van der Waals surface area contributed by atoms with Gasteiger partial charge in [0.1, 0.15) is 0 Å². The van der Waals surface area contributed by atoms with E-state index >= 15 is 0 Å². The molecule has 1 heterocycles. The van der Waals surface area contributed by atoms with Crippen molar-refractivity contribution in [3.05, 3.63) is 28.7 Å². The Bertz CT molecular complexity index is 726. The highest BCUT2D eigenvalue weighted by Crippen LogP contribution is 2.22. The molecule has 0 atom stereocenters. The molecular formula is C13H19BrN2O4S2. The summed E-state index contributed by atoms with van der Waals surface area (Å²) in [4.78, 5) is 0.212. The highest BCUT2D eigenvalue weighted by molar-refractivity contribution is 9.10. The summed E-state index contributed by atoms with van der Waals surface area (Å²) < 4.78 is 52.0. The lowest BCUT2D eigenvalue weighted by molar-refractivity contribution is 0.275. The predicted octanol–water partition coefficient (Wildman–Crippen LogP) is 1.40. The second-order valence-electron chi connectivity index (χ2n) is 5.39. The summed E-state index contributed by atoms with van der Waals surface area (Å²) in [6.45, 7) is 1.21. The number of halogens is 1. The summed E-state index contributed by atoms with van der Waals surface area (Å²) in [6, 6.07) is 6.64. The molecule has 1 aliphatic rings. The molecule has 0 bridgehead atoms. The van der Waals surface area contributed by atoms with Crippen molar-refractivity contribution in [2.24, 2.45) is 5.92 Å². The molecule has 6 nitrogen and oxygen atoms in total. The standard InChI is InChI=1S/C13H19BrN2O4S2/c1-21(17,18)16-8-6-11(7-9-16)10-15-22(19,20)13-5-3-2-4-12(13)14/h2-5,11,15H,6-10H2,1H3. The van der Waals surface area contributed by atoms with Crippen molar-refractivity contribution in [3.63, 3.8) is 0 Å².